The van der Waals surface area contributed by atoms with Gasteiger partial charge in [-0.3, -0.25) is 4.79 Å². The monoisotopic (exact) mass is 363 g/mol. The zero-order valence-electron chi connectivity index (χ0n) is 14.8. The van der Waals surface area contributed by atoms with Crippen LogP contribution in [0.3, 0.4) is 0 Å². The molecule has 2 nitrogen and oxygen atoms in total. The van der Waals surface area contributed by atoms with Crippen LogP contribution in [0.4, 0.5) is 5.69 Å². The molecular formula is C23H22ClNO. The molecule has 0 radical (unpaired) electrons. The molecule has 1 unspecified atom stereocenters. The third kappa shape index (κ3) is 4.74. The molecule has 3 heteroatoms. The molecule has 0 aliphatic rings. The Morgan fingerprint density at radius 3 is 2.19 bits per heavy atom. The number of Topliss-reactive ketones (excluding diaryl/α,β-unsaturated/α-hetero) is 1. The summed E-state index contributed by atoms with van der Waals surface area (Å²) in [5, 5.41) is 4.16. The minimum atomic E-state index is -0.118. The van der Waals surface area contributed by atoms with E-state index in [4.69, 9.17) is 11.6 Å². The van der Waals surface area contributed by atoms with E-state index in [1.54, 1.807) is 0 Å². The molecule has 3 rings (SSSR count). The molecule has 26 heavy (non-hydrogen) atoms. The van der Waals surface area contributed by atoms with Crippen LogP contribution in [0.2, 0.25) is 5.02 Å². The van der Waals surface area contributed by atoms with Gasteiger partial charge in [-0.2, -0.15) is 0 Å². The molecule has 0 saturated carbocycles. The first-order valence-electron chi connectivity index (χ1n) is 8.85. The fourth-order valence-corrected chi connectivity index (χ4v) is 3.04. The number of halogens is 1. The van der Waals surface area contributed by atoms with Gasteiger partial charge in [0.1, 0.15) is 0 Å². The van der Waals surface area contributed by atoms with Crippen LogP contribution in [0.5, 0.6) is 0 Å². The first-order valence-corrected chi connectivity index (χ1v) is 9.22. The van der Waals surface area contributed by atoms with Crippen LogP contribution in [0.1, 0.15) is 40.9 Å². The normalized spacial score (nSPS) is 11.8. The van der Waals surface area contributed by atoms with Crippen molar-refractivity contribution < 1.29 is 4.79 Å². The van der Waals surface area contributed by atoms with Gasteiger partial charge in [0.15, 0.2) is 5.78 Å². The molecule has 0 heterocycles. The Morgan fingerprint density at radius 2 is 1.58 bits per heavy atom. The summed E-state index contributed by atoms with van der Waals surface area (Å²) in [7, 11) is 0. The van der Waals surface area contributed by atoms with Crippen molar-refractivity contribution in [1.82, 2.24) is 0 Å². The lowest BCUT2D eigenvalue weighted by molar-refractivity contribution is 0.0976. The van der Waals surface area contributed by atoms with Gasteiger partial charge >= 0.3 is 0 Å². The van der Waals surface area contributed by atoms with Crippen LogP contribution in [0, 0.1) is 0 Å². The summed E-state index contributed by atoms with van der Waals surface area (Å²) in [6, 6.07) is 25.4. The van der Waals surface area contributed by atoms with Crippen molar-refractivity contribution in [1.29, 1.82) is 0 Å². The number of anilines is 1. The zero-order chi connectivity index (χ0) is 18.4. The number of nitrogens with one attached hydrogen (secondary N) is 1. The number of ketones is 1. The van der Waals surface area contributed by atoms with Gasteiger partial charge in [-0.1, -0.05) is 73.1 Å². The number of carbonyl (C=O) groups is 1. The average Bonchev–Trinajstić information content (AvgIpc) is 2.69. The molecule has 0 saturated heterocycles. The van der Waals surface area contributed by atoms with Gasteiger partial charge in [-0.25, -0.2) is 0 Å². The van der Waals surface area contributed by atoms with Crippen LogP contribution in [0.25, 0.3) is 0 Å². The van der Waals surface area contributed by atoms with Crippen molar-refractivity contribution in [3.05, 3.63) is 101 Å². The first-order chi connectivity index (χ1) is 12.7. The predicted octanol–water partition coefficient (Wildman–Crippen LogP) is 6.33. The summed E-state index contributed by atoms with van der Waals surface area (Å²) >= 11 is 6.02. The number of rotatable bonds is 7. The van der Waals surface area contributed by atoms with Crippen LogP contribution < -0.4 is 5.32 Å². The lowest BCUT2D eigenvalue weighted by atomic mass is 9.97. The average molecular weight is 364 g/mol. The molecule has 1 atom stereocenters. The van der Waals surface area contributed by atoms with E-state index in [9.17, 15) is 4.79 Å². The van der Waals surface area contributed by atoms with Gasteiger partial charge < -0.3 is 5.32 Å². The van der Waals surface area contributed by atoms with Crippen molar-refractivity contribution in [3.8, 4) is 0 Å². The van der Waals surface area contributed by atoms with Gasteiger partial charge in [-0.05, 0) is 41.8 Å². The van der Waals surface area contributed by atoms with E-state index < -0.39 is 0 Å². The highest BCUT2D eigenvalue weighted by Crippen LogP contribution is 2.26. The van der Waals surface area contributed by atoms with Crippen molar-refractivity contribution in [3.63, 3.8) is 0 Å². The Hall–Kier alpha value is -2.58. The van der Waals surface area contributed by atoms with Crippen LogP contribution in [-0.4, -0.2) is 5.78 Å². The maximum absolute atomic E-state index is 12.8. The van der Waals surface area contributed by atoms with Crippen LogP contribution in [-0.2, 0) is 6.42 Å². The second kappa shape index (κ2) is 8.68. The Kier molecular flexibility index (Phi) is 6.08. The second-order valence-corrected chi connectivity index (χ2v) is 6.73. The summed E-state index contributed by atoms with van der Waals surface area (Å²) in [5.41, 5.74) is 4.01. The van der Waals surface area contributed by atoms with E-state index in [1.807, 2.05) is 78.9 Å². The van der Waals surface area contributed by atoms with E-state index in [-0.39, 0.29) is 11.8 Å². The number of carbonyl (C=O) groups excluding carboxylic acids is 1. The maximum Gasteiger partial charge on any atom is 0.165 e. The molecule has 0 spiro atoms. The third-order valence-corrected chi connectivity index (χ3v) is 4.71. The summed E-state index contributed by atoms with van der Waals surface area (Å²) in [4.78, 5) is 12.8. The zero-order valence-corrected chi connectivity index (χ0v) is 15.5. The van der Waals surface area contributed by atoms with Gasteiger partial charge in [-0.15, -0.1) is 0 Å². The summed E-state index contributed by atoms with van der Waals surface area (Å²) < 4.78 is 0. The molecular weight excluding hydrogens is 342 g/mol. The second-order valence-electron chi connectivity index (χ2n) is 6.29. The topological polar surface area (TPSA) is 29.1 Å². The van der Waals surface area contributed by atoms with Gasteiger partial charge in [0, 0.05) is 22.7 Å². The summed E-state index contributed by atoms with van der Waals surface area (Å²) in [5.74, 6) is 0.121. The number of para-hydroxylation sites is 1. The molecule has 132 valence electrons. The summed E-state index contributed by atoms with van der Waals surface area (Å²) in [6.07, 6.45) is 1.35. The molecule has 0 amide bonds. The molecule has 3 aromatic carbocycles. The van der Waals surface area contributed by atoms with Gasteiger partial charge in [0.25, 0.3) is 0 Å². The van der Waals surface area contributed by atoms with Crippen LogP contribution >= 0.6 is 11.6 Å². The Morgan fingerprint density at radius 1 is 0.923 bits per heavy atom. The Bertz CT molecular complexity index is 842. The molecule has 0 fully saturated rings. The molecule has 3 aromatic rings. The van der Waals surface area contributed by atoms with Gasteiger partial charge in [0.2, 0.25) is 0 Å². The van der Waals surface area contributed by atoms with E-state index in [0.717, 1.165) is 23.2 Å². The van der Waals surface area contributed by atoms with Crippen LogP contribution in [0.15, 0.2) is 78.9 Å². The van der Waals surface area contributed by atoms with Crippen molar-refractivity contribution in [2.75, 3.05) is 5.32 Å². The van der Waals surface area contributed by atoms with Gasteiger partial charge in [0.05, 0.1) is 6.04 Å². The summed E-state index contributed by atoms with van der Waals surface area (Å²) in [6.45, 7) is 2.11. The quantitative estimate of drug-likeness (QED) is 0.497. The fourth-order valence-electron chi connectivity index (χ4n) is 2.91. The van der Waals surface area contributed by atoms with Crippen molar-refractivity contribution >= 4 is 23.1 Å². The SMILES string of the molecule is CCc1ccc(C(=O)CC(Nc2ccccc2)c2ccc(Cl)cc2)cc1. The maximum atomic E-state index is 12.8. The predicted molar refractivity (Wildman–Crippen MR) is 109 cm³/mol. The molecule has 0 aromatic heterocycles. The first kappa shape index (κ1) is 18.2. The molecule has 1 N–H and O–H groups in total. The number of benzene rings is 3. The van der Waals surface area contributed by atoms with E-state index >= 15 is 0 Å². The minimum absolute atomic E-state index is 0.118. The number of hydrogen-bond donors (Lipinski definition) is 1. The van der Waals surface area contributed by atoms with E-state index in [2.05, 4.69) is 12.2 Å². The number of aryl methyl sites for hydroxylation is 1. The third-order valence-electron chi connectivity index (χ3n) is 4.46. The van der Waals surface area contributed by atoms with Crippen molar-refractivity contribution in [2.24, 2.45) is 0 Å². The van der Waals surface area contributed by atoms with E-state index in [1.165, 1.54) is 5.56 Å². The largest absolute Gasteiger partial charge is 0.378 e. The molecule has 0 aliphatic heterocycles. The Labute approximate surface area is 159 Å². The molecule has 0 aliphatic carbocycles. The lowest BCUT2D eigenvalue weighted by Gasteiger charge is -2.20. The Balaban J connectivity index is 1.82. The lowest BCUT2D eigenvalue weighted by Crippen LogP contribution is -2.15. The standard InChI is InChI=1S/C23H22ClNO/c1-2-17-8-10-19(11-9-17)23(26)16-22(18-12-14-20(24)15-13-18)25-21-6-4-3-5-7-21/h3-15,22,25H,2,16H2,1H3. The highest BCUT2D eigenvalue weighted by atomic mass is 35.5. The minimum Gasteiger partial charge on any atom is -0.378 e. The highest BCUT2D eigenvalue weighted by Gasteiger charge is 2.17. The van der Waals surface area contributed by atoms with Crippen molar-refractivity contribution in [2.45, 2.75) is 25.8 Å². The van der Waals surface area contributed by atoms with E-state index in [0.29, 0.717) is 11.4 Å². The fraction of sp³-hybridized carbons (Fsp3) is 0.174. The number of hydrogen-bond acceptors (Lipinski definition) is 2. The smallest absolute Gasteiger partial charge is 0.165 e. The molecule has 0 bridgehead atoms. The highest BCUT2D eigenvalue weighted by molar-refractivity contribution is 6.30.